The Morgan fingerprint density at radius 3 is 2.59 bits per heavy atom. The molecule has 0 aromatic carbocycles. The highest BCUT2D eigenvalue weighted by Crippen LogP contribution is 2.20. The minimum absolute atomic E-state index is 0.0509. The van der Waals surface area contributed by atoms with Crippen LogP contribution in [0.25, 0.3) is 0 Å². The monoisotopic (exact) mass is 263 g/mol. The van der Waals surface area contributed by atoms with E-state index in [4.69, 9.17) is 5.11 Å². The third-order valence-corrected chi connectivity index (χ3v) is 5.21. The molecule has 1 amide bonds. The van der Waals surface area contributed by atoms with E-state index in [0.29, 0.717) is 12.8 Å². The molecule has 1 heterocycles. The van der Waals surface area contributed by atoms with E-state index in [1.165, 1.54) is 0 Å². The zero-order valence-electron chi connectivity index (χ0n) is 10.4. The summed E-state index contributed by atoms with van der Waals surface area (Å²) in [5.41, 5.74) is -0.423. The molecule has 1 fully saturated rings. The first-order valence-electron chi connectivity index (χ1n) is 5.89. The van der Waals surface area contributed by atoms with Gasteiger partial charge in [-0.2, -0.15) is 0 Å². The second-order valence-corrected chi connectivity index (χ2v) is 7.69. The Bertz CT molecular complexity index is 375. The molecule has 2 N–H and O–H groups in total. The molecule has 17 heavy (non-hydrogen) atoms. The van der Waals surface area contributed by atoms with Gasteiger partial charge in [0.05, 0.1) is 5.75 Å². The Hall–Kier alpha value is -0.620. The minimum atomic E-state index is -3.27. The van der Waals surface area contributed by atoms with Gasteiger partial charge in [0, 0.05) is 18.6 Å². The number of aliphatic hydroxyl groups excluding tert-OH is 1. The number of amides is 1. The van der Waals surface area contributed by atoms with E-state index in [-0.39, 0.29) is 18.9 Å². The summed E-state index contributed by atoms with van der Waals surface area (Å²) in [6.45, 7) is 3.85. The predicted molar refractivity (Wildman–Crippen MR) is 65.3 cm³/mol. The number of sulfone groups is 1. The first kappa shape index (κ1) is 14.4. The maximum absolute atomic E-state index is 11.8. The third-order valence-electron chi connectivity index (χ3n) is 3.04. The van der Waals surface area contributed by atoms with Crippen molar-refractivity contribution in [3.63, 3.8) is 0 Å². The summed E-state index contributed by atoms with van der Waals surface area (Å²) < 4.78 is 23.4. The second kappa shape index (κ2) is 5.35. The summed E-state index contributed by atoms with van der Waals surface area (Å²) in [6, 6.07) is 0. The fraction of sp³-hybridized carbons (Fsp3) is 0.909. The summed E-state index contributed by atoms with van der Waals surface area (Å²) in [5, 5.41) is 10.8. The molecule has 1 saturated heterocycles. The average Bonchev–Trinajstić information content (AvgIpc) is 2.25. The van der Waals surface area contributed by atoms with Gasteiger partial charge in [0.2, 0.25) is 5.91 Å². The van der Waals surface area contributed by atoms with Crippen LogP contribution in [0.3, 0.4) is 0 Å². The quantitative estimate of drug-likeness (QED) is 0.753. The number of rotatable bonds is 4. The van der Waals surface area contributed by atoms with E-state index < -0.39 is 26.4 Å². The Morgan fingerprint density at radius 1 is 1.41 bits per heavy atom. The molecule has 0 aromatic heterocycles. The molecule has 0 radical (unpaired) electrons. The van der Waals surface area contributed by atoms with Gasteiger partial charge in [-0.25, -0.2) is 8.42 Å². The summed E-state index contributed by atoms with van der Waals surface area (Å²) in [5.74, 6) is -0.319. The van der Waals surface area contributed by atoms with Crippen molar-refractivity contribution < 1.29 is 18.3 Å². The van der Waals surface area contributed by atoms with Crippen molar-refractivity contribution in [1.29, 1.82) is 0 Å². The SMILES string of the molecule is CC(C)(CO)CNC(=O)C1CCCCS1(=O)=O. The fourth-order valence-electron chi connectivity index (χ4n) is 1.75. The zero-order valence-corrected chi connectivity index (χ0v) is 11.2. The lowest BCUT2D eigenvalue weighted by molar-refractivity contribution is -0.121. The molecule has 1 atom stereocenters. The molecule has 0 aliphatic carbocycles. The van der Waals surface area contributed by atoms with Gasteiger partial charge < -0.3 is 10.4 Å². The number of hydrogen-bond donors (Lipinski definition) is 2. The van der Waals surface area contributed by atoms with Gasteiger partial charge in [0.1, 0.15) is 5.25 Å². The molecule has 1 unspecified atom stereocenters. The molecule has 0 aromatic rings. The van der Waals surface area contributed by atoms with Crippen molar-refractivity contribution in [3.05, 3.63) is 0 Å². The summed E-state index contributed by atoms with van der Waals surface area (Å²) in [7, 11) is -3.27. The maximum Gasteiger partial charge on any atom is 0.238 e. The molecular weight excluding hydrogens is 242 g/mol. The maximum atomic E-state index is 11.8. The number of hydrogen-bond acceptors (Lipinski definition) is 4. The third kappa shape index (κ3) is 3.96. The lowest BCUT2D eigenvalue weighted by Gasteiger charge is -2.25. The van der Waals surface area contributed by atoms with E-state index in [1.807, 2.05) is 13.8 Å². The van der Waals surface area contributed by atoms with E-state index in [9.17, 15) is 13.2 Å². The minimum Gasteiger partial charge on any atom is -0.396 e. The van der Waals surface area contributed by atoms with E-state index >= 15 is 0 Å². The number of aliphatic hydroxyl groups is 1. The van der Waals surface area contributed by atoms with Gasteiger partial charge in [-0.05, 0) is 12.8 Å². The van der Waals surface area contributed by atoms with Crippen molar-refractivity contribution in [2.45, 2.75) is 38.4 Å². The molecule has 5 nitrogen and oxygen atoms in total. The first-order chi connectivity index (χ1) is 7.78. The number of carbonyl (C=O) groups is 1. The van der Waals surface area contributed by atoms with Crippen molar-refractivity contribution in [2.75, 3.05) is 18.9 Å². The average molecular weight is 263 g/mol. The number of nitrogens with one attached hydrogen (secondary N) is 1. The van der Waals surface area contributed by atoms with Gasteiger partial charge in [-0.3, -0.25) is 4.79 Å². The fourth-order valence-corrected chi connectivity index (χ4v) is 3.57. The highest BCUT2D eigenvalue weighted by molar-refractivity contribution is 7.92. The van der Waals surface area contributed by atoms with Gasteiger partial charge in [-0.1, -0.05) is 20.3 Å². The van der Waals surface area contributed by atoms with Crippen LogP contribution in [0.15, 0.2) is 0 Å². The molecule has 0 spiro atoms. The van der Waals surface area contributed by atoms with Crippen LogP contribution in [0, 0.1) is 5.41 Å². The van der Waals surface area contributed by atoms with Crippen LogP contribution in [0.4, 0.5) is 0 Å². The largest absolute Gasteiger partial charge is 0.396 e. The predicted octanol–water partition coefficient (Wildman–Crippen LogP) is 0.0884. The zero-order chi connectivity index (χ0) is 13.1. The van der Waals surface area contributed by atoms with Gasteiger partial charge in [0.15, 0.2) is 9.84 Å². The molecule has 0 saturated carbocycles. The van der Waals surface area contributed by atoms with Crippen LogP contribution in [-0.4, -0.2) is 43.6 Å². The van der Waals surface area contributed by atoms with Crippen LogP contribution in [0.1, 0.15) is 33.1 Å². The molecule has 1 aliphatic heterocycles. The van der Waals surface area contributed by atoms with Crippen molar-refractivity contribution in [1.82, 2.24) is 5.32 Å². The van der Waals surface area contributed by atoms with E-state index in [0.717, 1.165) is 6.42 Å². The van der Waals surface area contributed by atoms with Crippen molar-refractivity contribution in [2.24, 2.45) is 5.41 Å². The molecular formula is C11H21NO4S. The standard InChI is InChI=1S/C11H21NO4S/c1-11(2,8-13)7-12-10(14)9-5-3-4-6-17(9,15)16/h9,13H,3-8H2,1-2H3,(H,12,14). The smallest absolute Gasteiger partial charge is 0.238 e. The normalized spacial score (nSPS) is 24.3. The van der Waals surface area contributed by atoms with E-state index in [2.05, 4.69) is 5.32 Å². The van der Waals surface area contributed by atoms with Crippen LogP contribution < -0.4 is 5.32 Å². The molecule has 1 aliphatic rings. The molecule has 100 valence electrons. The van der Waals surface area contributed by atoms with Crippen LogP contribution in [0.2, 0.25) is 0 Å². The van der Waals surface area contributed by atoms with E-state index in [1.54, 1.807) is 0 Å². The highest BCUT2D eigenvalue weighted by Gasteiger charge is 2.35. The second-order valence-electron chi connectivity index (χ2n) is 5.39. The summed E-state index contributed by atoms with van der Waals surface area (Å²) in [6.07, 6.45) is 1.84. The molecule has 6 heteroatoms. The molecule has 0 bridgehead atoms. The number of carbonyl (C=O) groups excluding carboxylic acids is 1. The van der Waals surface area contributed by atoms with Gasteiger partial charge >= 0.3 is 0 Å². The Kier molecular flexibility index (Phi) is 4.55. The summed E-state index contributed by atoms with van der Waals surface area (Å²) in [4.78, 5) is 11.8. The lowest BCUT2D eigenvalue weighted by Crippen LogP contribution is -2.46. The Balaban J connectivity index is 2.58. The van der Waals surface area contributed by atoms with Crippen LogP contribution in [0.5, 0.6) is 0 Å². The van der Waals surface area contributed by atoms with Crippen LogP contribution in [-0.2, 0) is 14.6 Å². The Morgan fingerprint density at radius 2 is 2.06 bits per heavy atom. The first-order valence-corrected chi connectivity index (χ1v) is 7.60. The summed E-state index contributed by atoms with van der Waals surface area (Å²) >= 11 is 0. The topological polar surface area (TPSA) is 83.5 Å². The Labute approximate surface area is 103 Å². The van der Waals surface area contributed by atoms with Gasteiger partial charge in [-0.15, -0.1) is 0 Å². The van der Waals surface area contributed by atoms with Crippen LogP contribution >= 0.6 is 0 Å². The van der Waals surface area contributed by atoms with Crippen molar-refractivity contribution >= 4 is 15.7 Å². The lowest BCUT2D eigenvalue weighted by atomic mass is 9.95. The van der Waals surface area contributed by atoms with Crippen molar-refractivity contribution in [3.8, 4) is 0 Å². The highest BCUT2D eigenvalue weighted by atomic mass is 32.2. The van der Waals surface area contributed by atoms with Gasteiger partial charge in [0.25, 0.3) is 0 Å². The molecule has 1 rings (SSSR count).